The largest absolute Gasteiger partial charge is 0.462 e. The summed E-state index contributed by atoms with van der Waals surface area (Å²) in [6.45, 7) is 16.5. The Hall–Kier alpha value is -1.06. The quantitative estimate of drug-likeness (QED) is 0.392. The van der Waals surface area contributed by atoms with Gasteiger partial charge in [-0.2, -0.15) is 0 Å². The zero-order valence-electron chi connectivity index (χ0n) is 16.9. The van der Waals surface area contributed by atoms with Gasteiger partial charge in [0.25, 0.3) is 0 Å². The molecule has 0 aromatic rings. The molecular formula is C20H38O4. The van der Waals surface area contributed by atoms with Crippen LogP contribution in [0.5, 0.6) is 0 Å². The number of esters is 2. The monoisotopic (exact) mass is 342 g/mol. The summed E-state index contributed by atoms with van der Waals surface area (Å²) in [7, 11) is 0. The first-order chi connectivity index (χ1) is 11.1. The molecule has 0 aromatic carbocycles. The number of hydrogen-bond donors (Lipinski definition) is 0. The second-order valence-electron chi connectivity index (χ2n) is 8.09. The molecule has 0 bridgehead atoms. The van der Waals surface area contributed by atoms with Crippen molar-refractivity contribution in [2.24, 2.45) is 23.7 Å². The van der Waals surface area contributed by atoms with Gasteiger partial charge in [0.05, 0.1) is 0 Å². The van der Waals surface area contributed by atoms with Crippen molar-refractivity contribution in [3.8, 4) is 0 Å². The zero-order valence-corrected chi connectivity index (χ0v) is 16.9. The average Bonchev–Trinajstić information content (AvgIpc) is 2.45. The van der Waals surface area contributed by atoms with E-state index in [1.807, 2.05) is 0 Å². The van der Waals surface area contributed by atoms with Crippen molar-refractivity contribution in [1.82, 2.24) is 0 Å². The molecule has 0 amide bonds. The molecule has 0 aliphatic rings. The number of ether oxygens (including phenoxy) is 2. The summed E-state index contributed by atoms with van der Waals surface area (Å²) in [5, 5.41) is 0. The van der Waals surface area contributed by atoms with Gasteiger partial charge in [-0.05, 0) is 36.5 Å². The smallest absolute Gasteiger partial charge is 0.306 e. The molecule has 0 saturated heterocycles. The van der Waals surface area contributed by atoms with E-state index < -0.39 is 0 Å². The Morgan fingerprint density at radius 3 is 1.04 bits per heavy atom. The molecule has 142 valence electrons. The lowest BCUT2D eigenvalue weighted by atomic mass is 9.96. The number of rotatable bonds is 11. The SMILES string of the molecule is CC(C)C(OC(=O)CCCCC(=O)OC(C(C)C)C(C)C)C(C)C. The van der Waals surface area contributed by atoms with E-state index >= 15 is 0 Å². The minimum Gasteiger partial charge on any atom is -0.462 e. The van der Waals surface area contributed by atoms with Crippen LogP contribution in [0.25, 0.3) is 0 Å². The van der Waals surface area contributed by atoms with Crippen molar-refractivity contribution < 1.29 is 19.1 Å². The summed E-state index contributed by atoms with van der Waals surface area (Å²) in [5.74, 6) is 0.915. The zero-order chi connectivity index (χ0) is 18.9. The summed E-state index contributed by atoms with van der Waals surface area (Å²) < 4.78 is 11.1. The van der Waals surface area contributed by atoms with E-state index in [2.05, 4.69) is 55.4 Å². The molecule has 0 aliphatic carbocycles. The summed E-state index contributed by atoms with van der Waals surface area (Å²) in [4.78, 5) is 23.9. The maximum absolute atomic E-state index is 11.9. The predicted octanol–water partition coefficient (Wildman–Crippen LogP) is 4.99. The maximum atomic E-state index is 11.9. The van der Waals surface area contributed by atoms with Crippen LogP contribution in [0.4, 0.5) is 0 Å². The summed E-state index contributed by atoms with van der Waals surface area (Å²) >= 11 is 0. The van der Waals surface area contributed by atoms with Crippen molar-refractivity contribution in [2.45, 2.75) is 93.3 Å². The highest BCUT2D eigenvalue weighted by atomic mass is 16.5. The molecule has 0 unspecified atom stereocenters. The van der Waals surface area contributed by atoms with Gasteiger partial charge >= 0.3 is 11.9 Å². The first-order valence-corrected chi connectivity index (χ1v) is 9.45. The first-order valence-electron chi connectivity index (χ1n) is 9.45. The van der Waals surface area contributed by atoms with Gasteiger partial charge in [0.2, 0.25) is 0 Å². The lowest BCUT2D eigenvalue weighted by molar-refractivity contribution is -0.156. The molecule has 0 heterocycles. The Labute approximate surface area is 148 Å². The Morgan fingerprint density at radius 2 is 0.833 bits per heavy atom. The van der Waals surface area contributed by atoms with E-state index in [0.717, 1.165) is 0 Å². The predicted molar refractivity (Wildman–Crippen MR) is 97.6 cm³/mol. The van der Waals surface area contributed by atoms with Crippen LogP contribution in [0.2, 0.25) is 0 Å². The van der Waals surface area contributed by atoms with Gasteiger partial charge in [-0.3, -0.25) is 9.59 Å². The van der Waals surface area contributed by atoms with Gasteiger partial charge < -0.3 is 9.47 Å². The van der Waals surface area contributed by atoms with Gasteiger partial charge in [-0.15, -0.1) is 0 Å². The minimum atomic E-state index is -0.169. The summed E-state index contributed by atoms with van der Waals surface area (Å²) in [6, 6.07) is 0. The Kier molecular flexibility index (Phi) is 11.0. The molecule has 4 nitrogen and oxygen atoms in total. The minimum absolute atomic E-state index is 0.0414. The van der Waals surface area contributed by atoms with Crippen molar-refractivity contribution in [3.05, 3.63) is 0 Å². The number of hydrogen-bond acceptors (Lipinski definition) is 4. The van der Waals surface area contributed by atoms with Gasteiger partial charge in [0, 0.05) is 12.8 Å². The maximum Gasteiger partial charge on any atom is 0.306 e. The van der Waals surface area contributed by atoms with Crippen molar-refractivity contribution in [1.29, 1.82) is 0 Å². The molecular weight excluding hydrogens is 304 g/mol. The fourth-order valence-electron chi connectivity index (χ4n) is 3.04. The van der Waals surface area contributed by atoms with Crippen molar-refractivity contribution in [3.63, 3.8) is 0 Å². The summed E-state index contributed by atoms with van der Waals surface area (Å²) in [5.41, 5.74) is 0. The normalized spacial score (nSPS) is 12.1. The highest BCUT2D eigenvalue weighted by Gasteiger charge is 2.23. The van der Waals surface area contributed by atoms with Gasteiger partial charge in [0.1, 0.15) is 12.2 Å². The number of carbonyl (C=O) groups is 2. The molecule has 0 radical (unpaired) electrons. The molecule has 24 heavy (non-hydrogen) atoms. The highest BCUT2D eigenvalue weighted by molar-refractivity contribution is 5.70. The summed E-state index contributed by atoms with van der Waals surface area (Å²) in [6.07, 6.45) is 1.96. The van der Waals surface area contributed by atoms with Crippen LogP contribution in [0.3, 0.4) is 0 Å². The van der Waals surface area contributed by atoms with Gasteiger partial charge in [-0.25, -0.2) is 0 Å². The van der Waals surface area contributed by atoms with Crippen molar-refractivity contribution >= 4 is 11.9 Å². The van der Waals surface area contributed by atoms with Crippen LogP contribution < -0.4 is 0 Å². The Balaban J connectivity index is 4.08. The Morgan fingerprint density at radius 1 is 0.583 bits per heavy atom. The molecule has 0 rings (SSSR count). The van der Waals surface area contributed by atoms with E-state index in [-0.39, 0.29) is 24.1 Å². The lowest BCUT2D eigenvalue weighted by Gasteiger charge is -2.25. The van der Waals surface area contributed by atoms with Gasteiger partial charge in [0.15, 0.2) is 0 Å². The molecule has 0 spiro atoms. The third-order valence-corrected chi connectivity index (χ3v) is 4.18. The third-order valence-electron chi connectivity index (χ3n) is 4.18. The van der Waals surface area contributed by atoms with Crippen LogP contribution in [0.15, 0.2) is 0 Å². The van der Waals surface area contributed by atoms with Gasteiger partial charge in [-0.1, -0.05) is 55.4 Å². The van der Waals surface area contributed by atoms with Crippen LogP contribution in [0, 0.1) is 23.7 Å². The Bertz CT molecular complexity index is 320. The fourth-order valence-corrected chi connectivity index (χ4v) is 3.04. The van der Waals surface area contributed by atoms with E-state index in [0.29, 0.717) is 49.4 Å². The molecule has 0 atom stereocenters. The second-order valence-corrected chi connectivity index (χ2v) is 8.09. The number of unbranched alkanes of at least 4 members (excludes halogenated alkanes) is 1. The van der Waals surface area contributed by atoms with Crippen LogP contribution >= 0.6 is 0 Å². The average molecular weight is 343 g/mol. The topological polar surface area (TPSA) is 52.6 Å². The first kappa shape index (κ1) is 22.9. The highest BCUT2D eigenvalue weighted by Crippen LogP contribution is 2.19. The van der Waals surface area contributed by atoms with Crippen LogP contribution in [-0.2, 0) is 19.1 Å². The van der Waals surface area contributed by atoms with E-state index in [9.17, 15) is 9.59 Å². The molecule has 0 aromatic heterocycles. The second kappa shape index (κ2) is 11.5. The molecule has 0 saturated carbocycles. The standard InChI is InChI=1S/C20H38O4/c1-13(2)19(14(3)4)23-17(21)11-9-10-12-18(22)24-20(15(5)6)16(7)8/h13-16,19-20H,9-12H2,1-8H3. The van der Waals surface area contributed by atoms with E-state index in [1.54, 1.807) is 0 Å². The van der Waals surface area contributed by atoms with Crippen LogP contribution in [-0.4, -0.2) is 24.1 Å². The van der Waals surface area contributed by atoms with E-state index in [1.165, 1.54) is 0 Å². The van der Waals surface area contributed by atoms with Crippen molar-refractivity contribution in [2.75, 3.05) is 0 Å². The molecule has 0 N–H and O–H groups in total. The van der Waals surface area contributed by atoms with E-state index in [4.69, 9.17) is 9.47 Å². The fraction of sp³-hybridized carbons (Fsp3) is 0.900. The van der Waals surface area contributed by atoms with Crippen LogP contribution in [0.1, 0.15) is 81.1 Å². The molecule has 4 heteroatoms. The number of carbonyl (C=O) groups excluding carboxylic acids is 2. The third kappa shape index (κ3) is 9.29. The lowest BCUT2D eigenvalue weighted by Crippen LogP contribution is -2.29. The molecule has 0 aliphatic heterocycles. The molecule has 0 fully saturated rings.